The highest BCUT2D eigenvalue weighted by atomic mass is 16.3. The Balaban J connectivity index is 2.17. The number of ketones is 1. The van der Waals surface area contributed by atoms with Crippen LogP contribution in [0.25, 0.3) is 0 Å². The monoisotopic (exact) mass is 248 g/mol. The largest absolute Gasteiger partial charge is 0.394 e. The first-order valence-electron chi connectivity index (χ1n) is 6.54. The molecule has 1 saturated heterocycles. The summed E-state index contributed by atoms with van der Waals surface area (Å²) < 4.78 is 0. The Kier molecular flexibility index (Phi) is 3.97. The summed E-state index contributed by atoms with van der Waals surface area (Å²) in [6.07, 6.45) is 3.30. The van der Waals surface area contributed by atoms with Gasteiger partial charge in [0, 0.05) is 13.0 Å². The minimum Gasteiger partial charge on any atom is -0.394 e. The number of aliphatic hydroxyl groups excluding tert-OH is 1. The zero-order valence-electron chi connectivity index (χ0n) is 11.0. The van der Waals surface area contributed by atoms with Crippen molar-refractivity contribution in [3.8, 4) is 0 Å². The molecule has 0 bridgehead atoms. The normalized spacial score (nSPS) is 23.4. The fraction of sp³-hybridized carbons (Fsp3) is 0.571. The van der Waals surface area contributed by atoms with Gasteiger partial charge in [0.25, 0.3) is 0 Å². The molecule has 4 nitrogen and oxygen atoms in total. The number of pyridine rings is 1. The lowest BCUT2D eigenvalue weighted by Crippen LogP contribution is -2.35. The van der Waals surface area contributed by atoms with E-state index < -0.39 is 0 Å². The van der Waals surface area contributed by atoms with Crippen LogP contribution in [0.15, 0.2) is 18.3 Å². The van der Waals surface area contributed by atoms with Crippen LogP contribution >= 0.6 is 0 Å². The number of aliphatic hydroxyl groups is 1. The number of carbonyl (C=O) groups is 1. The lowest BCUT2D eigenvalue weighted by atomic mass is 10.0. The first-order chi connectivity index (χ1) is 8.67. The van der Waals surface area contributed by atoms with Crippen LogP contribution in [0.3, 0.4) is 0 Å². The number of aromatic nitrogens is 1. The molecule has 1 aliphatic rings. The molecule has 0 saturated carbocycles. The van der Waals surface area contributed by atoms with Crippen LogP contribution in [-0.2, 0) is 0 Å². The summed E-state index contributed by atoms with van der Waals surface area (Å²) in [6.45, 7) is 5.09. The van der Waals surface area contributed by atoms with Crippen molar-refractivity contribution in [2.45, 2.75) is 32.7 Å². The van der Waals surface area contributed by atoms with Crippen LogP contribution in [0.2, 0.25) is 0 Å². The highest BCUT2D eigenvalue weighted by molar-refractivity contribution is 5.94. The van der Waals surface area contributed by atoms with Gasteiger partial charge in [0.15, 0.2) is 5.78 Å². The molecule has 1 N–H and O–H groups in total. The molecule has 2 atom stereocenters. The van der Waals surface area contributed by atoms with E-state index in [1.165, 1.54) is 0 Å². The number of hydrogen-bond donors (Lipinski definition) is 1. The molecule has 2 unspecified atom stereocenters. The van der Waals surface area contributed by atoms with E-state index >= 15 is 0 Å². The van der Waals surface area contributed by atoms with Crippen molar-refractivity contribution in [1.29, 1.82) is 0 Å². The second-order valence-corrected chi connectivity index (χ2v) is 4.89. The van der Waals surface area contributed by atoms with Gasteiger partial charge in [-0.15, -0.1) is 0 Å². The number of nitrogens with zero attached hydrogens (tertiary/aromatic N) is 2. The molecular formula is C14H20N2O2. The SMILES string of the molecule is CCC(=O)c1ccc(N2CCC(C)C2CO)cn1. The van der Waals surface area contributed by atoms with Gasteiger partial charge in [-0.05, 0) is 24.5 Å². The van der Waals surface area contributed by atoms with E-state index in [0.29, 0.717) is 18.0 Å². The van der Waals surface area contributed by atoms with Crippen molar-refractivity contribution in [3.63, 3.8) is 0 Å². The zero-order chi connectivity index (χ0) is 13.1. The summed E-state index contributed by atoms with van der Waals surface area (Å²) in [5.74, 6) is 0.557. The van der Waals surface area contributed by atoms with Crippen LogP contribution in [0.5, 0.6) is 0 Å². The molecule has 0 aliphatic carbocycles. The minimum atomic E-state index is 0.0649. The maximum absolute atomic E-state index is 11.5. The Morgan fingerprint density at radius 3 is 2.89 bits per heavy atom. The molecule has 2 heterocycles. The van der Waals surface area contributed by atoms with Crippen molar-refractivity contribution in [1.82, 2.24) is 4.98 Å². The predicted molar refractivity (Wildman–Crippen MR) is 70.9 cm³/mol. The molecule has 1 aliphatic heterocycles. The van der Waals surface area contributed by atoms with E-state index in [1.807, 2.05) is 13.0 Å². The Morgan fingerprint density at radius 2 is 2.33 bits per heavy atom. The summed E-state index contributed by atoms with van der Waals surface area (Å²) in [6, 6.07) is 3.87. The van der Waals surface area contributed by atoms with Gasteiger partial charge < -0.3 is 10.0 Å². The van der Waals surface area contributed by atoms with Crippen molar-refractivity contribution in [3.05, 3.63) is 24.0 Å². The van der Waals surface area contributed by atoms with E-state index in [0.717, 1.165) is 18.7 Å². The molecule has 0 spiro atoms. The second kappa shape index (κ2) is 5.48. The highest BCUT2D eigenvalue weighted by Crippen LogP contribution is 2.28. The van der Waals surface area contributed by atoms with E-state index in [1.54, 1.807) is 12.3 Å². The van der Waals surface area contributed by atoms with Crippen molar-refractivity contribution in [2.24, 2.45) is 5.92 Å². The summed E-state index contributed by atoms with van der Waals surface area (Å²) >= 11 is 0. The van der Waals surface area contributed by atoms with E-state index in [2.05, 4.69) is 16.8 Å². The predicted octanol–water partition coefficient (Wildman–Crippen LogP) is 1.88. The van der Waals surface area contributed by atoms with E-state index in [-0.39, 0.29) is 18.4 Å². The second-order valence-electron chi connectivity index (χ2n) is 4.89. The maximum atomic E-state index is 11.5. The summed E-state index contributed by atoms with van der Waals surface area (Å²) in [7, 11) is 0. The lowest BCUT2D eigenvalue weighted by Gasteiger charge is -2.27. The molecule has 0 aromatic carbocycles. The Labute approximate surface area is 108 Å². The minimum absolute atomic E-state index is 0.0649. The van der Waals surface area contributed by atoms with Crippen molar-refractivity contribution >= 4 is 11.5 Å². The maximum Gasteiger partial charge on any atom is 0.180 e. The van der Waals surface area contributed by atoms with Crippen LogP contribution in [0, 0.1) is 5.92 Å². The summed E-state index contributed by atoms with van der Waals surface area (Å²) in [4.78, 5) is 17.9. The van der Waals surface area contributed by atoms with Crippen molar-refractivity contribution < 1.29 is 9.90 Å². The number of anilines is 1. The molecule has 2 rings (SSSR count). The van der Waals surface area contributed by atoms with E-state index in [4.69, 9.17) is 0 Å². The number of rotatable bonds is 4. The van der Waals surface area contributed by atoms with Crippen LogP contribution < -0.4 is 4.90 Å². The van der Waals surface area contributed by atoms with Gasteiger partial charge in [0.2, 0.25) is 0 Å². The van der Waals surface area contributed by atoms with Gasteiger partial charge in [0.05, 0.1) is 24.5 Å². The van der Waals surface area contributed by atoms with Crippen LogP contribution in [-0.4, -0.2) is 35.1 Å². The third-order valence-electron chi connectivity index (χ3n) is 3.76. The molecule has 0 amide bonds. The number of Topliss-reactive ketones (excluding diaryl/α,β-unsaturated/α-hetero) is 1. The third kappa shape index (κ3) is 2.38. The number of hydrogen-bond acceptors (Lipinski definition) is 4. The lowest BCUT2D eigenvalue weighted by molar-refractivity contribution is 0.0983. The first kappa shape index (κ1) is 13.0. The van der Waals surface area contributed by atoms with Gasteiger partial charge >= 0.3 is 0 Å². The molecule has 0 radical (unpaired) electrons. The highest BCUT2D eigenvalue weighted by Gasteiger charge is 2.30. The van der Waals surface area contributed by atoms with Gasteiger partial charge in [-0.3, -0.25) is 9.78 Å². The molecule has 98 valence electrons. The Bertz CT molecular complexity index is 416. The quantitative estimate of drug-likeness (QED) is 0.827. The summed E-state index contributed by atoms with van der Waals surface area (Å²) in [5, 5.41) is 9.43. The smallest absolute Gasteiger partial charge is 0.180 e. The van der Waals surface area contributed by atoms with Crippen LogP contribution in [0.4, 0.5) is 5.69 Å². The fourth-order valence-electron chi connectivity index (χ4n) is 2.51. The molecule has 1 aromatic heterocycles. The van der Waals surface area contributed by atoms with Gasteiger partial charge in [-0.25, -0.2) is 0 Å². The van der Waals surface area contributed by atoms with Crippen LogP contribution in [0.1, 0.15) is 37.2 Å². The average molecular weight is 248 g/mol. The van der Waals surface area contributed by atoms with Gasteiger partial charge in [0.1, 0.15) is 5.69 Å². The summed E-state index contributed by atoms with van der Waals surface area (Å²) in [5.41, 5.74) is 1.51. The molecule has 18 heavy (non-hydrogen) atoms. The Morgan fingerprint density at radius 1 is 1.56 bits per heavy atom. The fourth-order valence-corrected chi connectivity index (χ4v) is 2.51. The zero-order valence-corrected chi connectivity index (χ0v) is 11.0. The van der Waals surface area contributed by atoms with Crippen molar-refractivity contribution in [2.75, 3.05) is 18.1 Å². The standard InChI is InChI=1S/C14H20N2O2/c1-3-14(18)12-5-4-11(8-15-12)16-7-6-10(2)13(16)9-17/h4-5,8,10,13,17H,3,6-7,9H2,1-2H3. The first-order valence-corrected chi connectivity index (χ1v) is 6.54. The Hall–Kier alpha value is -1.42. The molecule has 4 heteroatoms. The number of carbonyl (C=O) groups excluding carboxylic acids is 1. The van der Waals surface area contributed by atoms with E-state index in [9.17, 15) is 9.90 Å². The van der Waals surface area contributed by atoms with Gasteiger partial charge in [-0.2, -0.15) is 0 Å². The molecule has 1 fully saturated rings. The molecule has 1 aromatic rings. The molecular weight excluding hydrogens is 228 g/mol. The topological polar surface area (TPSA) is 53.4 Å². The van der Waals surface area contributed by atoms with Gasteiger partial charge in [-0.1, -0.05) is 13.8 Å². The third-order valence-corrected chi connectivity index (χ3v) is 3.76. The average Bonchev–Trinajstić information content (AvgIpc) is 2.79.